The van der Waals surface area contributed by atoms with Gasteiger partial charge in [-0.05, 0) is 25.0 Å². The largest absolute Gasteiger partial charge is 0.493 e. The summed E-state index contributed by atoms with van der Waals surface area (Å²) in [6.45, 7) is 7.11. The molecule has 2 rings (SSSR count). The molecule has 1 N–H and O–H groups in total. The van der Waals surface area contributed by atoms with Gasteiger partial charge < -0.3 is 19.4 Å². The lowest BCUT2D eigenvalue weighted by Gasteiger charge is -2.15. The average Bonchev–Trinajstić information content (AvgIpc) is 2.64. The third-order valence-corrected chi connectivity index (χ3v) is 4.48. The Balaban J connectivity index is 2.63. The predicted octanol–water partition coefficient (Wildman–Crippen LogP) is 2.81. The molecule has 0 saturated heterocycles. The van der Waals surface area contributed by atoms with Gasteiger partial charge in [0, 0.05) is 24.7 Å². The topological polar surface area (TPSA) is 69.6 Å². The molecule has 0 bridgehead atoms. The summed E-state index contributed by atoms with van der Waals surface area (Å²) in [4.78, 5) is 25.4. The molecule has 0 aliphatic heterocycles. The van der Waals surface area contributed by atoms with Crippen LogP contribution in [0.3, 0.4) is 0 Å². The monoisotopic (exact) mass is 346 g/mol. The quantitative estimate of drug-likeness (QED) is 0.837. The first-order valence-corrected chi connectivity index (χ1v) is 8.54. The summed E-state index contributed by atoms with van der Waals surface area (Å²) in [7, 11) is 3.05. The Bertz CT molecular complexity index is 826. The lowest BCUT2D eigenvalue weighted by molar-refractivity contribution is 0.0948. The molecule has 1 unspecified atom stereocenters. The standard InChI is InChI=1S/C19H26N2O4/c1-6-12(3)10-20-18(22)15-11-21(7-2)19(23)14-9-17(25-5)16(24-4)8-13(14)15/h8-9,11-12H,6-7,10H2,1-5H3,(H,20,22). The Hall–Kier alpha value is -2.50. The first kappa shape index (κ1) is 18.8. The lowest BCUT2D eigenvalue weighted by Crippen LogP contribution is -2.30. The van der Waals surface area contributed by atoms with Crippen molar-refractivity contribution >= 4 is 16.7 Å². The fourth-order valence-corrected chi connectivity index (χ4v) is 2.64. The molecule has 2 aromatic rings. The maximum Gasteiger partial charge on any atom is 0.258 e. The minimum absolute atomic E-state index is 0.156. The molecular weight excluding hydrogens is 320 g/mol. The molecule has 0 aliphatic carbocycles. The van der Waals surface area contributed by atoms with Crippen molar-refractivity contribution in [3.63, 3.8) is 0 Å². The van der Waals surface area contributed by atoms with Crippen LogP contribution in [-0.2, 0) is 6.54 Å². The van der Waals surface area contributed by atoms with Crippen LogP contribution in [0.4, 0.5) is 0 Å². The van der Waals surface area contributed by atoms with Gasteiger partial charge in [0.15, 0.2) is 11.5 Å². The number of nitrogens with zero attached hydrogens (tertiary/aromatic N) is 1. The van der Waals surface area contributed by atoms with Crippen molar-refractivity contribution in [3.8, 4) is 11.5 Å². The van der Waals surface area contributed by atoms with E-state index in [2.05, 4.69) is 19.2 Å². The fraction of sp³-hybridized carbons (Fsp3) is 0.474. The molecule has 25 heavy (non-hydrogen) atoms. The molecule has 1 heterocycles. The summed E-state index contributed by atoms with van der Waals surface area (Å²) in [6, 6.07) is 3.32. The van der Waals surface area contributed by atoms with E-state index in [-0.39, 0.29) is 11.5 Å². The van der Waals surface area contributed by atoms with Crippen molar-refractivity contribution in [2.75, 3.05) is 20.8 Å². The number of hydrogen-bond donors (Lipinski definition) is 1. The first-order chi connectivity index (χ1) is 12.0. The summed E-state index contributed by atoms with van der Waals surface area (Å²) in [5, 5.41) is 3.96. The second-order valence-electron chi connectivity index (χ2n) is 6.11. The van der Waals surface area contributed by atoms with Gasteiger partial charge in [0.1, 0.15) is 0 Å². The van der Waals surface area contributed by atoms with Crippen molar-refractivity contribution < 1.29 is 14.3 Å². The van der Waals surface area contributed by atoms with Crippen molar-refractivity contribution in [2.45, 2.75) is 33.7 Å². The second kappa shape index (κ2) is 8.05. The number of aromatic nitrogens is 1. The summed E-state index contributed by atoms with van der Waals surface area (Å²) in [5.74, 6) is 1.15. The van der Waals surface area contributed by atoms with Gasteiger partial charge in [0.05, 0.1) is 25.2 Å². The number of fused-ring (bicyclic) bond motifs is 1. The second-order valence-corrected chi connectivity index (χ2v) is 6.11. The maximum absolute atomic E-state index is 12.7. The van der Waals surface area contributed by atoms with E-state index in [4.69, 9.17) is 9.47 Å². The minimum atomic E-state index is -0.195. The molecule has 0 spiro atoms. The SMILES string of the molecule is CCC(C)CNC(=O)c1cn(CC)c(=O)c2cc(OC)c(OC)cc12. The number of methoxy groups -OCH3 is 2. The van der Waals surface area contributed by atoms with Gasteiger partial charge in [-0.2, -0.15) is 0 Å². The highest BCUT2D eigenvalue weighted by atomic mass is 16.5. The van der Waals surface area contributed by atoms with Crippen LogP contribution >= 0.6 is 0 Å². The Morgan fingerprint density at radius 1 is 1.16 bits per heavy atom. The number of carbonyl (C=O) groups is 1. The van der Waals surface area contributed by atoms with Crippen LogP contribution in [0.5, 0.6) is 11.5 Å². The molecule has 0 saturated carbocycles. The van der Waals surface area contributed by atoms with E-state index < -0.39 is 0 Å². The number of rotatable bonds is 7. The molecule has 0 aliphatic rings. The minimum Gasteiger partial charge on any atom is -0.493 e. The number of ether oxygens (including phenoxy) is 2. The van der Waals surface area contributed by atoms with Gasteiger partial charge in [0.2, 0.25) is 0 Å². The molecule has 1 atom stereocenters. The summed E-state index contributed by atoms with van der Waals surface area (Å²) in [6.07, 6.45) is 2.60. The number of amides is 1. The number of pyridine rings is 1. The van der Waals surface area contributed by atoms with E-state index in [1.165, 1.54) is 18.8 Å². The predicted molar refractivity (Wildman–Crippen MR) is 98.8 cm³/mol. The third kappa shape index (κ3) is 3.78. The van der Waals surface area contributed by atoms with E-state index in [0.29, 0.717) is 46.8 Å². The van der Waals surface area contributed by atoms with Crippen LogP contribution in [-0.4, -0.2) is 31.2 Å². The number of nitrogens with one attached hydrogen (secondary N) is 1. The summed E-state index contributed by atoms with van der Waals surface area (Å²) >= 11 is 0. The zero-order valence-corrected chi connectivity index (χ0v) is 15.5. The number of benzene rings is 1. The lowest BCUT2D eigenvalue weighted by atomic mass is 10.0. The molecule has 6 heteroatoms. The van der Waals surface area contributed by atoms with E-state index in [0.717, 1.165) is 6.42 Å². The molecule has 1 aromatic heterocycles. The van der Waals surface area contributed by atoms with E-state index in [1.54, 1.807) is 18.3 Å². The molecule has 1 amide bonds. The molecule has 0 radical (unpaired) electrons. The van der Waals surface area contributed by atoms with Gasteiger partial charge in [0.25, 0.3) is 11.5 Å². The zero-order valence-electron chi connectivity index (χ0n) is 15.5. The van der Waals surface area contributed by atoms with Crippen LogP contribution in [0.15, 0.2) is 23.1 Å². The molecule has 0 fully saturated rings. The Labute approximate surface area is 147 Å². The van der Waals surface area contributed by atoms with Crippen molar-refractivity contribution in [3.05, 3.63) is 34.2 Å². The van der Waals surface area contributed by atoms with Gasteiger partial charge >= 0.3 is 0 Å². The Morgan fingerprint density at radius 2 is 1.76 bits per heavy atom. The highest BCUT2D eigenvalue weighted by Gasteiger charge is 2.18. The number of aryl methyl sites for hydroxylation is 1. The molecule has 1 aromatic carbocycles. The highest BCUT2D eigenvalue weighted by molar-refractivity contribution is 6.07. The van der Waals surface area contributed by atoms with Crippen molar-refractivity contribution in [1.29, 1.82) is 0 Å². The smallest absolute Gasteiger partial charge is 0.258 e. The Morgan fingerprint density at radius 3 is 2.28 bits per heavy atom. The van der Waals surface area contributed by atoms with Crippen LogP contribution in [0.2, 0.25) is 0 Å². The molecular formula is C19H26N2O4. The van der Waals surface area contributed by atoms with Crippen LogP contribution in [0, 0.1) is 5.92 Å². The van der Waals surface area contributed by atoms with E-state index in [1.807, 2.05) is 6.92 Å². The maximum atomic E-state index is 12.7. The van der Waals surface area contributed by atoms with Crippen LogP contribution in [0.1, 0.15) is 37.6 Å². The Kier molecular flexibility index (Phi) is 6.07. The van der Waals surface area contributed by atoms with E-state index >= 15 is 0 Å². The van der Waals surface area contributed by atoms with Crippen LogP contribution in [0.25, 0.3) is 10.8 Å². The summed E-state index contributed by atoms with van der Waals surface area (Å²) in [5.41, 5.74) is 0.303. The highest BCUT2D eigenvalue weighted by Crippen LogP contribution is 2.32. The van der Waals surface area contributed by atoms with Gasteiger partial charge in [-0.15, -0.1) is 0 Å². The normalized spacial score (nSPS) is 12.0. The zero-order chi connectivity index (χ0) is 18.6. The van der Waals surface area contributed by atoms with E-state index in [9.17, 15) is 9.59 Å². The first-order valence-electron chi connectivity index (χ1n) is 8.54. The van der Waals surface area contributed by atoms with Gasteiger partial charge in [-0.1, -0.05) is 20.3 Å². The van der Waals surface area contributed by atoms with Crippen molar-refractivity contribution in [2.24, 2.45) is 5.92 Å². The van der Waals surface area contributed by atoms with Crippen molar-refractivity contribution in [1.82, 2.24) is 9.88 Å². The third-order valence-electron chi connectivity index (χ3n) is 4.48. The average molecular weight is 346 g/mol. The molecule has 6 nitrogen and oxygen atoms in total. The summed E-state index contributed by atoms with van der Waals surface area (Å²) < 4.78 is 12.2. The van der Waals surface area contributed by atoms with Crippen LogP contribution < -0.4 is 20.3 Å². The fourth-order valence-electron chi connectivity index (χ4n) is 2.64. The molecule has 136 valence electrons. The van der Waals surface area contributed by atoms with Gasteiger partial charge in [-0.3, -0.25) is 9.59 Å². The number of hydrogen-bond acceptors (Lipinski definition) is 4. The van der Waals surface area contributed by atoms with Gasteiger partial charge in [-0.25, -0.2) is 0 Å². The number of carbonyl (C=O) groups excluding carboxylic acids is 1.